The molecule has 7 heteroatoms. The average molecular weight is 448 g/mol. The van der Waals surface area contributed by atoms with Gasteiger partial charge in [0.2, 0.25) is 0 Å². The summed E-state index contributed by atoms with van der Waals surface area (Å²) in [4.78, 5) is 10.2. The molecule has 2 aliphatic heterocycles. The molecule has 0 saturated carbocycles. The molecule has 1 aromatic heterocycles. The van der Waals surface area contributed by atoms with E-state index in [9.17, 15) is 0 Å². The van der Waals surface area contributed by atoms with Gasteiger partial charge < -0.3 is 19.9 Å². The molecule has 0 radical (unpaired) electrons. The van der Waals surface area contributed by atoms with E-state index in [1.54, 1.807) is 0 Å². The van der Waals surface area contributed by atoms with Gasteiger partial charge in [0.1, 0.15) is 11.6 Å². The minimum absolute atomic E-state index is 0.116. The van der Waals surface area contributed by atoms with Crippen LogP contribution < -0.4 is 5.73 Å². The molecular weight excluding hydrogens is 414 g/mol. The van der Waals surface area contributed by atoms with Gasteiger partial charge in [-0.05, 0) is 49.6 Å². The van der Waals surface area contributed by atoms with Crippen molar-refractivity contribution in [2.24, 2.45) is 4.99 Å². The van der Waals surface area contributed by atoms with Crippen LogP contribution in [-0.4, -0.2) is 72.3 Å². The van der Waals surface area contributed by atoms with Crippen LogP contribution in [0.5, 0.6) is 0 Å². The summed E-state index contributed by atoms with van der Waals surface area (Å²) in [5.74, 6) is 2.05. The van der Waals surface area contributed by atoms with Crippen LogP contribution in [0.1, 0.15) is 29.0 Å². The Bertz CT molecular complexity index is 1040. The van der Waals surface area contributed by atoms with Crippen LogP contribution in [0.3, 0.4) is 0 Å². The van der Waals surface area contributed by atoms with Crippen LogP contribution in [0.2, 0.25) is 0 Å². The van der Waals surface area contributed by atoms with Gasteiger partial charge in [0.05, 0.1) is 31.0 Å². The normalized spacial score (nSPS) is 22.9. The number of hydrogen-bond acceptors (Lipinski definition) is 7. The van der Waals surface area contributed by atoms with Crippen molar-refractivity contribution in [3.8, 4) is 0 Å². The molecule has 0 amide bonds. The number of benzene rings is 1. The maximum absolute atomic E-state index is 5.86. The number of morpholine rings is 1. The number of aromatic nitrogens is 1. The van der Waals surface area contributed by atoms with Crippen molar-refractivity contribution in [3.05, 3.63) is 65.1 Å². The number of amidine groups is 1. The molecule has 0 spiro atoms. The van der Waals surface area contributed by atoms with Crippen molar-refractivity contribution in [1.29, 1.82) is 0 Å². The fourth-order valence-electron chi connectivity index (χ4n) is 5.04. The van der Waals surface area contributed by atoms with E-state index in [-0.39, 0.29) is 12.1 Å². The number of nitrogens with zero attached hydrogens (tertiary/aromatic N) is 4. The van der Waals surface area contributed by atoms with Crippen LogP contribution in [0.15, 0.2) is 52.0 Å². The standard InChI is InChI=1S/C26H33N5O2/c1-18-26(19(2)33-29-18)21-6-9-24-23(17-21)28-25(10-5-20-3-7-22(27)8-4-20)31(24)12-11-30-13-15-32-16-14-30/h3-4,6-9,17,23-24H,5,10-16,27H2,1-2H3. The van der Waals surface area contributed by atoms with Crippen molar-refractivity contribution in [2.45, 2.75) is 38.8 Å². The molecule has 174 valence electrons. The number of nitrogen functional groups attached to an aromatic ring is 1. The predicted molar refractivity (Wildman–Crippen MR) is 131 cm³/mol. The summed E-state index contributed by atoms with van der Waals surface area (Å²) < 4.78 is 10.9. The molecule has 1 aliphatic carbocycles. The van der Waals surface area contributed by atoms with E-state index in [0.29, 0.717) is 0 Å². The molecule has 7 nitrogen and oxygen atoms in total. The summed E-state index contributed by atoms with van der Waals surface area (Å²) in [5, 5.41) is 4.14. The molecule has 3 aliphatic rings. The Kier molecular flexibility index (Phi) is 6.33. The molecular formula is C26H33N5O2. The number of fused-ring (bicyclic) bond motifs is 1. The first-order chi connectivity index (χ1) is 16.1. The molecule has 2 atom stereocenters. The van der Waals surface area contributed by atoms with E-state index in [1.165, 1.54) is 11.4 Å². The summed E-state index contributed by atoms with van der Waals surface area (Å²) in [7, 11) is 0. The van der Waals surface area contributed by atoms with E-state index in [2.05, 4.69) is 45.3 Å². The number of hydrogen-bond donors (Lipinski definition) is 1. The minimum atomic E-state index is 0.116. The Morgan fingerprint density at radius 1 is 1.06 bits per heavy atom. The van der Waals surface area contributed by atoms with Crippen molar-refractivity contribution >= 4 is 17.1 Å². The molecule has 2 N–H and O–H groups in total. The zero-order valence-electron chi connectivity index (χ0n) is 19.5. The van der Waals surface area contributed by atoms with E-state index < -0.39 is 0 Å². The van der Waals surface area contributed by atoms with Crippen molar-refractivity contribution in [3.63, 3.8) is 0 Å². The van der Waals surface area contributed by atoms with Crippen LogP contribution in [0.4, 0.5) is 5.69 Å². The summed E-state index contributed by atoms with van der Waals surface area (Å²) in [6.07, 6.45) is 8.69. The second-order valence-electron chi connectivity index (χ2n) is 9.10. The Morgan fingerprint density at radius 3 is 2.58 bits per heavy atom. The number of ether oxygens (including phenoxy) is 1. The van der Waals surface area contributed by atoms with Crippen LogP contribution in [-0.2, 0) is 11.2 Å². The van der Waals surface area contributed by atoms with Gasteiger partial charge in [-0.2, -0.15) is 0 Å². The van der Waals surface area contributed by atoms with E-state index in [0.717, 1.165) is 80.5 Å². The first kappa shape index (κ1) is 21.9. The molecule has 3 heterocycles. The van der Waals surface area contributed by atoms with E-state index in [4.69, 9.17) is 20.0 Å². The highest BCUT2D eigenvalue weighted by Crippen LogP contribution is 2.33. The Hall–Kier alpha value is -2.90. The maximum Gasteiger partial charge on any atom is 0.141 e. The number of aryl methyl sites for hydroxylation is 3. The molecule has 1 saturated heterocycles. The van der Waals surface area contributed by atoms with Crippen molar-refractivity contribution in [1.82, 2.24) is 15.0 Å². The third-order valence-corrected chi connectivity index (χ3v) is 6.86. The number of aliphatic imine (C=N–C) groups is 1. The van der Waals surface area contributed by atoms with Crippen LogP contribution >= 0.6 is 0 Å². The molecule has 2 aromatic rings. The van der Waals surface area contributed by atoms with Crippen molar-refractivity contribution in [2.75, 3.05) is 45.1 Å². The van der Waals surface area contributed by atoms with Gasteiger partial charge in [0.25, 0.3) is 0 Å². The third kappa shape index (κ3) is 4.75. The molecule has 5 rings (SSSR count). The molecule has 1 fully saturated rings. The average Bonchev–Trinajstić information content (AvgIpc) is 3.36. The largest absolute Gasteiger partial charge is 0.399 e. The fourth-order valence-corrected chi connectivity index (χ4v) is 5.04. The molecule has 2 unspecified atom stereocenters. The lowest BCUT2D eigenvalue weighted by Crippen LogP contribution is -2.46. The minimum Gasteiger partial charge on any atom is -0.399 e. The zero-order chi connectivity index (χ0) is 22.8. The van der Waals surface area contributed by atoms with Gasteiger partial charge in [0, 0.05) is 43.9 Å². The highest BCUT2D eigenvalue weighted by atomic mass is 16.5. The van der Waals surface area contributed by atoms with Gasteiger partial charge in [-0.1, -0.05) is 29.4 Å². The SMILES string of the molecule is Cc1noc(C)c1C1=CC2N=C(CCc3ccc(N)cc3)N(CCN3CCOCC3)C2C=C1. The number of anilines is 1. The first-order valence-corrected chi connectivity index (χ1v) is 11.9. The monoisotopic (exact) mass is 447 g/mol. The van der Waals surface area contributed by atoms with Gasteiger partial charge in [-0.25, -0.2) is 0 Å². The smallest absolute Gasteiger partial charge is 0.141 e. The van der Waals surface area contributed by atoms with Crippen LogP contribution in [0, 0.1) is 13.8 Å². The zero-order valence-corrected chi connectivity index (χ0v) is 19.5. The van der Waals surface area contributed by atoms with Gasteiger partial charge in [0.15, 0.2) is 0 Å². The van der Waals surface area contributed by atoms with E-state index in [1.807, 2.05) is 26.0 Å². The summed E-state index contributed by atoms with van der Waals surface area (Å²) in [6, 6.07) is 8.56. The molecule has 0 bridgehead atoms. The topological polar surface area (TPSA) is 80.1 Å². The van der Waals surface area contributed by atoms with Crippen LogP contribution in [0.25, 0.3) is 5.57 Å². The van der Waals surface area contributed by atoms with E-state index >= 15 is 0 Å². The predicted octanol–water partition coefficient (Wildman–Crippen LogP) is 3.24. The third-order valence-electron chi connectivity index (χ3n) is 6.86. The lowest BCUT2D eigenvalue weighted by molar-refractivity contribution is 0.0354. The fraction of sp³-hybridized carbons (Fsp3) is 0.462. The Morgan fingerprint density at radius 2 is 1.85 bits per heavy atom. The van der Waals surface area contributed by atoms with Gasteiger partial charge in [-0.15, -0.1) is 0 Å². The number of allylic oxidation sites excluding steroid dienone is 2. The van der Waals surface area contributed by atoms with Gasteiger partial charge >= 0.3 is 0 Å². The van der Waals surface area contributed by atoms with Gasteiger partial charge in [-0.3, -0.25) is 9.89 Å². The first-order valence-electron chi connectivity index (χ1n) is 11.9. The Balaban J connectivity index is 1.35. The molecule has 1 aromatic carbocycles. The summed E-state index contributed by atoms with van der Waals surface area (Å²) in [5.41, 5.74) is 11.1. The Labute approximate surface area is 195 Å². The highest BCUT2D eigenvalue weighted by molar-refractivity contribution is 5.87. The lowest BCUT2D eigenvalue weighted by Gasteiger charge is -2.33. The molecule has 33 heavy (non-hydrogen) atoms. The second kappa shape index (κ2) is 9.53. The maximum atomic E-state index is 5.86. The summed E-state index contributed by atoms with van der Waals surface area (Å²) >= 11 is 0. The number of rotatable bonds is 7. The quantitative estimate of drug-likeness (QED) is 0.657. The second-order valence-corrected chi connectivity index (χ2v) is 9.10. The summed E-state index contributed by atoms with van der Waals surface area (Å²) in [6.45, 7) is 9.64. The highest BCUT2D eigenvalue weighted by Gasteiger charge is 2.35. The number of nitrogens with two attached hydrogens (primary N) is 1. The van der Waals surface area contributed by atoms with Crippen molar-refractivity contribution < 1.29 is 9.26 Å². The lowest BCUT2D eigenvalue weighted by atomic mass is 9.93.